The zero-order valence-corrected chi connectivity index (χ0v) is 18.1. The lowest BCUT2D eigenvalue weighted by Crippen LogP contribution is -2.20. The zero-order valence-electron chi connectivity index (χ0n) is 18.1. The number of nitrogens with one attached hydrogen (secondary N) is 1. The first kappa shape index (κ1) is 22.0. The summed E-state index contributed by atoms with van der Waals surface area (Å²) < 4.78 is 9.09. The summed E-state index contributed by atoms with van der Waals surface area (Å²) in [5, 5.41) is 24.8. The Morgan fingerprint density at radius 3 is 2.82 bits per heavy atom. The minimum absolute atomic E-state index is 0.473. The first-order valence-electron chi connectivity index (χ1n) is 10.5. The summed E-state index contributed by atoms with van der Waals surface area (Å²) in [6.07, 6.45) is 6.29. The van der Waals surface area contributed by atoms with E-state index in [1.807, 2.05) is 47.3 Å². The van der Waals surface area contributed by atoms with Gasteiger partial charge >= 0.3 is 0 Å². The van der Waals surface area contributed by atoms with Gasteiger partial charge in [0.2, 0.25) is 0 Å². The Morgan fingerprint density at radius 2 is 2.03 bits per heavy atom. The smallest absolute Gasteiger partial charge is 0.167 e. The van der Waals surface area contributed by atoms with Gasteiger partial charge in [-0.15, -0.1) is 5.10 Å². The Kier molecular flexibility index (Phi) is 7.29. The van der Waals surface area contributed by atoms with E-state index in [9.17, 15) is 5.11 Å². The van der Waals surface area contributed by atoms with Gasteiger partial charge in [-0.1, -0.05) is 22.2 Å². The van der Waals surface area contributed by atoms with Crippen molar-refractivity contribution in [2.75, 3.05) is 13.1 Å². The molecule has 0 aliphatic heterocycles. The van der Waals surface area contributed by atoms with Crippen molar-refractivity contribution in [2.45, 2.75) is 26.1 Å². The fourth-order valence-corrected chi connectivity index (χ4v) is 3.13. The third-order valence-corrected chi connectivity index (χ3v) is 4.74. The summed E-state index contributed by atoms with van der Waals surface area (Å²) in [6.45, 7) is 4.23. The molecule has 0 saturated heterocycles. The highest BCUT2D eigenvalue weighted by Crippen LogP contribution is 2.21. The lowest BCUT2D eigenvalue weighted by molar-refractivity contribution is 0.184. The first-order chi connectivity index (χ1) is 16.2. The summed E-state index contributed by atoms with van der Waals surface area (Å²) in [5.41, 5.74) is 2.52. The van der Waals surface area contributed by atoms with Gasteiger partial charge in [-0.25, -0.2) is 4.98 Å². The molecule has 1 atom stereocenters. The lowest BCUT2D eigenvalue weighted by atomic mass is 10.1. The van der Waals surface area contributed by atoms with Gasteiger partial charge in [0.05, 0.1) is 25.8 Å². The first-order valence-corrected chi connectivity index (χ1v) is 10.5. The molecular formula is C24H23N7O2. The van der Waals surface area contributed by atoms with Crippen LogP contribution in [0.4, 0.5) is 0 Å². The summed E-state index contributed by atoms with van der Waals surface area (Å²) in [6, 6.07) is 9.60. The number of nitrogens with zero attached hydrogens (tertiary/aromatic N) is 6. The van der Waals surface area contributed by atoms with Crippen molar-refractivity contribution in [3.8, 4) is 35.0 Å². The van der Waals surface area contributed by atoms with Crippen LogP contribution in [0.2, 0.25) is 0 Å². The molecule has 166 valence electrons. The van der Waals surface area contributed by atoms with Crippen LogP contribution in [0, 0.1) is 23.7 Å². The topological polar surface area (TPSA) is 107 Å². The Morgan fingerprint density at radius 1 is 1.15 bits per heavy atom. The molecule has 0 spiro atoms. The maximum absolute atomic E-state index is 9.78. The summed E-state index contributed by atoms with van der Waals surface area (Å²) >= 11 is 0. The highest BCUT2D eigenvalue weighted by atomic mass is 16.5. The second kappa shape index (κ2) is 10.9. The predicted molar refractivity (Wildman–Crippen MR) is 121 cm³/mol. The monoisotopic (exact) mass is 441 g/mol. The number of hydrogen-bond donors (Lipinski definition) is 2. The molecule has 3 aromatic heterocycles. The second-order valence-corrected chi connectivity index (χ2v) is 7.24. The van der Waals surface area contributed by atoms with E-state index in [2.05, 4.69) is 49.5 Å². The molecule has 0 aliphatic carbocycles. The van der Waals surface area contributed by atoms with Crippen LogP contribution >= 0.6 is 0 Å². The molecule has 9 nitrogen and oxygen atoms in total. The van der Waals surface area contributed by atoms with Gasteiger partial charge in [-0.05, 0) is 43.0 Å². The Bertz CT molecular complexity index is 1280. The average molecular weight is 441 g/mol. The van der Waals surface area contributed by atoms with Crippen molar-refractivity contribution in [2.24, 2.45) is 0 Å². The van der Waals surface area contributed by atoms with Gasteiger partial charge in [0.15, 0.2) is 5.76 Å². The normalized spacial score (nSPS) is 11.3. The van der Waals surface area contributed by atoms with E-state index < -0.39 is 6.10 Å². The molecule has 0 radical (unpaired) electrons. The third-order valence-electron chi connectivity index (χ3n) is 4.74. The standard InChI is InChI=1S/C24H23N7O2/c1-19(32)24-26-12-14-30(24)18-22-17-23(33-28-22)21-8-6-20(7-9-21)5-3-2-4-10-25-11-15-31-16-13-27-29-31/h6-9,12-14,16-17,19,25,32H,10-11,15,18H2,1H3/t19-/m0/s1. The molecule has 0 saturated carbocycles. The zero-order chi connectivity index (χ0) is 22.9. The SMILES string of the molecule is C[C@H](O)c1nccn1Cc1cc(-c2ccc(C#CC#CCNCCn3ccnn3)cc2)on1. The van der Waals surface area contributed by atoms with E-state index >= 15 is 0 Å². The number of aliphatic hydroxyl groups is 1. The number of aromatic nitrogens is 6. The molecule has 2 N–H and O–H groups in total. The largest absolute Gasteiger partial charge is 0.385 e. The second-order valence-electron chi connectivity index (χ2n) is 7.24. The summed E-state index contributed by atoms with van der Waals surface area (Å²) in [7, 11) is 0. The van der Waals surface area contributed by atoms with Crippen LogP contribution < -0.4 is 5.32 Å². The molecule has 0 fully saturated rings. The van der Waals surface area contributed by atoms with Crippen molar-refractivity contribution in [1.29, 1.82) is 0 Å². The van der Waals surface area contributed by atoms with Gasteiger partial charge in [0.25, 0.3) is 0 Å². The molecule has 0 bridgehead atoms. The molecule has 4 rings (SSSR count). The van der Waals surface area contributed by atoms with Crippen LogP contribution in [0.5, 0.6) is 0 Å². The molecular weight excluding hydrogens is 418 g/mol. The Balaban J connectivity index is 1.27. The minimum atomic E-state index is -0.647. The third kappa shape index (κ3) is 6.17. The molecule has 0 unspecified atom stereocenters. The summed E-state index contributed by atoms with van der Waals surface area (Å²) in [5.74, 6) is 13.0. The molecule has 0 aliphatic rings. The van der Waals surface area contributed by atoms with Gasteiger partial charge in [-0.2, -0.15) is 0 Å². The number of imidazole rings is 1. The summed E-state index contributed by atoms with van der Waals surface area (Å²) in [4.78, 5) is 4.17. The molecule has 1 aromatic carbocycles. The molecule has 0 amide bonds. The van der Waals surface area contributed by atoms with Crippen LogP contribution in [0.25, 0.3) is 11.3 Å². The molecule has 33 heavy (non-hydrogen) atoms. The number of hydrogen-bond acceptors (Lipinski definition) is 7. The maximum atomic E-state index is 9.78. The van der Waals surface area contributed by atoms with E-state index in [4.69, 9.17) is 4.52 Å². The highest BCUT2D eigenvalue weighted by Gasteiger charge is 2.12. The van der Waals surface area contributed by atoms with Crippen molar-refractivity contribution in [3.63, 3.8) is 0 Å². The van der Waals surface area contributed by atoms with Crippen LogP contribution in [0.3, 0.4) is 0 Å². The molecule has 4 aromatic rings. The van der Waals surface area contributed by atoms with Gasteiger partial charge in [0.1, 0.15) is 17.6 Å². The van der Waals surface area contributed by atoms with Crippen LogP contribution in [-0.4, -0.2) is 47.9 Å². The van der Waals surface area contributed by atoms with E-state index in [1.54, 1.807) is 24.0 Å². The number of rotatable bonds is 8. The van der Waals surface area contributed by atoms with Crippen LogP contribution in [0.15, 0.2) is 59.6 Å². The predicted octanol–water partition coefficient (Wildman–Crippen LogP) is 1.88. The quantitative estimate of drug-likeness (QED) is 0.318. The van der Waals surface area contributed by atoms with Gasteiger partial charge in [0, 0.05) is 42.3 Å². The molecule has 3 heterocycles. The van der Waals surface area contributed by atoms with Gasteiger partial charge < -0.3 is 19.5 Å². The van der Waals surface area contributed by atoms with E-state index in [1.165, 1.54) is 0 Å². The van der Waals surface area contributed by atoms with Crippen LogP contribution in [-0.2, 0) is 13.1 Å². The fraction of sp³-hybridized carbons (Fsp3) is 0.250. The Hall–Kier alpha value is -4.18. The van der Waals surface area contributed by atoms with Gasteiger partial charge in [-0.3, -0.25) is 4.68 Å². The average Bonchev–Trinajstić information content (AvgIpc) is 3.58. The minimum Gasteiger partial charge on any atom is -0.385 e. The van der Waals surface area contributed by atoms with Crippen molar-refractivity contribution in [1.82, 2.24) is 35.0 Å². The number of aliphatic hydroxyl groups excluding tert-OH is 1. The number of benzene rings is 1. The van der Waals surface area contributed by atoms with Crippen molar-refractivity contribution in [3.05, 3.63) is 72.2 Å². The van der Waals surface area contributed by atoms with Crippen molar-refractivity contribution >= 4 is 0 Å². The lowest BCUT2D eigenvalue weighted by Gasteiger charge is -2.07. The molecule has 9 heteroatoms. The van der Waals surface area contributed by atoms with E-state index in [-0.39, 0.29) is 0 Å². The highest BCUT2D eigenvalue weighted by molar-refractivity contribution is 5.59. The van der Waals surface area contributed by atoms with E-state index in [0.717, 1.165) is 29.9 Å². The maximum Gasteiger partial charge on any atom is 0.167 e. The fourth-order valence-electron chi connectivity index (χ4n) is 3.13. The Labute approximate surface area is 191 Å². The van der Waals surface area contributed by atoms with E-state index in [0.29, 0.717) is 24.7 Å². The van der Waals surface area contributed by atoms with Crippen molar-refractivity contribution < 1.29 is 9.63 Å². The van der Waals surface area contributed by atoms with Crippen LogP contribution in [0.1, 0.15) is 30.1 Å².